The summed E-state index contributed by atoms with van der Waals surface area (Å²) >= 11 is 0. The van der Waals surface area contributed by atoms with Crippen LogP contribution in [0.15, 0.2) is 36.4 Å². The molecule has 1 aromatic heterocycles. The molecule has 0 saturated carbocycles. The Bertz CT molecular complexity index is 802. The highest BCUT2D eigenvalue weighted by molar-refractivity contribution is 6.08. The van der Waals surface area contributed by atoms with Crippen LogP contribution in [0.3, 0.4) is 0 Å². The minimum Gasteiger partial charge on any atom is -0.434 e. The minimum atomic E-state index is -1.01. The third kappa shape index (κ3) is 5.05. The number of ether oxygens (including phenoxy) is 2. The van der Waals surface area contributed by atoms with E-state index in [0.29, 0.717) is 17.0 Å². The van der Waals surface area contributed by atoms with Gasteiger partial charge in [-0.1, -0.05) is 43.7 Å². The second kappa shape index (κ2) is 8.47. The molecule has 6 nitrogen and oxygen atoms in total. The summed E-state index contributed by atoms with van der Waals surface area (Å²) < 4.78 is 11.1. The first-order valence-electron chi connectivity index (χ1n) is 8.41. The molecule has 0 amide bonds. The van der Waals surface area contributed by atoms with Crippen molar-refractivity contribution >= 4 is 17.9 Å². The molecular formula is C20H23NO5. The number of rotatable bonds is 6. The maximum absolute atomic E-state index is 12.6. The molecule has 138 valence electrons. The van der Waals surface area contributed by atoms with Crippen LogP contribution in [0, 0.1) is 12.8 Å². The lowest BCUT2D eigenvalue weighted by molar-refractivity contribution is -0.139. The first kappa shape index (κ1) is 19.4. The Morgan fingerprint density at radius 3 is 2.31 bits per heavy atom. The molecule has 0 aliphatic carbocycles. The van der Waals surface area contributed by atoms with Gasteiger partial charge in [-0.05, 0) is 25.0 Å². The van der Waals surface area contributed by atoms with Crippen LogP contribution in [0.1, 0.15) is 41.2 Å². The van der Waals surface area contributed by atoms with Crippen LogP contribution in [0.5, 0.6) is 0 Å². The number of nitrogens with zero attached hydrogens (tertiary/aromatic N) is 1. The summed E-state index contributed by atoms with van der Waals surface area (Å²) in [5.74, 6) is -0.710. The smallest absolute Gasteiger partial charge is 0.434 e. The van der Waals surface area contributed by atoms with Crippen molar-refractivity contribution < 1.29 is 23.9 Å². The lowest BCUT2D eigenvalue weighted by Gasteiger charge is -2.08. The highest BCUT2D eigenvalue weighted by Crippen LogP contribution is 2.15. The molecule has 0 fully saturated rings. The Hall–Kier alpha value is -2.89. The van der Waals surface area contributed by atoms with E-state index in [2.05, 4.69) is 4.74 Å². The van der Waals surface area contributed by atoms with Crippen LogP contribution in [-0.2, 0) is 27.7 Å². The molecule has 0 atom stereocenters. The Morgan fingerprint density at radius 1 is 1.04 bits per heavy atom. The third-order valence-electron chi connectivity index (χ3n) is 3.83. The van der Waals surface area contributed by atoms with Crippen molar-refractivity contribution in [2.24, 2.45) is 13.0 Å². The van der Waals surface area contributed by atoms with E-state index in [1.54, 1.807) is 35.9 Å². The number of hydrogen-bond acceptors (Lipinski definition) is 5. The average Bonchev–Trinajstić information content (AvgIpc) is 2.93. The van der Waals surface area contributed by atoms with Gasteiger partial charge in [-0.25, -0.2) is 4.79 Å². The van der Waals surface area contributed by atoms with Crippen LogP contribution < -0.4 is 0 Å². The summed E-state index contributed by atoms with van der Waals surface area (Å²) in [6, 6.07) is 10.6. The number of benzene rings is 1. The van der Waals surface area contributed by atoms with E-state index in [1.807, 2.05) is 32.9 Å². The molecular weight excluding hydrogens is 334 g/mol. The Morgan fingerprint density at radius 2 is 1.69 bits per heavy atom. The van der Waals surface area contributed by atoms with Crippen molar-refractivity contribution in [1.82, 2.24) is 4.57 Å². The van der Waals surface area contributed by atoms with E-state index < -0.39 is 12.1 Å². The number of esters is 1. The van der Waals surface area contributed by atoms with E-state index in [-0.39, 0.29) is 24.7 Å². The fraction of sp³-hybridized carbons (Fsp3) is 0.350. The normalized spacial score (nSPS) is 10.7. The van der Waals surface area contributed by atoms with Crippen molar-refractivity contribution in [3.63, 3.8) is 0 Å². The number of carbonyl (C=O) groups is 3. The van der Waals surface area contributed by atoms with Crippen molar-refractivity contribution in [2.45, 2.75) is 27.2 Å². The van der Waals surface area contributed by atoms with E-state index in [9.17, 15) is 14.4 Å². The third-order valence-corrected chi connectivity index (χ3v) is 3.83. The molecule has 0 radical (unpaired) electrons. The van der Waals surface area contributed by atoms with Crippen molar-refractivity contribution in [2.75, 3.05) is 6.61 Å². The zero-order chi connectivity index (χ0) is 19.3. The van der Waals surface area contributed by atoms with Gasteiger partial charge in [0, 0.05) is 18.3 Å². The van der Waals surface area contributed by atoms with Gasteiger partial charge in [-0.15, -0.1) is 0 Å². The summed E-state index contributed by atoms with van der Waals surface area (Å²) in [7, 11) is 1.70. The maximum atomic E-state index is 12.6. The second-order valence-corrected chi connectivity index (χ2v) is 6.57. The number of aryl methyl sites for hydroxylation is 1. The molecule has 1 aromatic carbocycles. The van der Waals surface area contributed by atoms with Crippen LogP contribution >= 0.6 is 0 Å². The summed E-state index contributed by atoms with van der Waals surface area (Å²) in [4.78, 5) is 35.9. The summed E-state index contributed by atoms with van der Waals surface area (Å²) in [6.45, 7) is 5.90. The molecule has 6 heteroatoms. The Labute approximate surface area is 152 Å². The molecule has 0 N–H and O–H groups in total. The minimum absolute atomic E-state index is 0.130. The Balaban J connectivity index is 2.02. The lowest BCUT2D eigenvalue weighted by atomic mass is 10.1. The molecule has 0 saturated heterocycles. The summed E-state index contributed by atoms with van der Waals surface area (Å²) in [5.41, 5.74) is 2.67. The first-order chi connectivity index (χ1) is 12.3. The summed E-state index contributed by atoms with van der Waals surface area (Å²) in [6.07, 6.45) is -1.14. The largest absolute Gasteiger partial charge is 0.516 e. The predicted molar refractivity (Wildman–Crippen MR) is 96.0 cm³/mol. The quantitative estimate of drug-likeness (QED) is 0.450. The van der Waals surface area contributed by atoms with Gasteiger partial charge in [0.25, 0.3) is 0 Å². The highest BCUT2D eigenvalue weighted by atomic mass is 16.7. The highest BCUT2D eigenvalue weighted by Gasteiger charge is 2.18. The molecule has 0 bridgehead atoms. The van der Waals surface area contributed by atoms with Gasteiger partial charge >= 0.3 is 12.1 Å². The Kier molecular flexibility index (Phi) is 6.33. The average molecular weight is 357 g/mol. The van der Waals surface area contributed by atoms with Gasteiger partial charge in [-0.2, -0.15) is 0 Å². The molecule has 2 aromatic rings. The molecule has 0 unspecified atom stereocenters. The SMILES string of the molecule is Cc1ccc(C(=O)c2ccc(CC(=O)OC(=O)OCC(C)C)n2C)cc1. The van der Waals surface area contributed by atoms with E-state index in [0.717, 1.165) is 5.56 Å². The predicted octanol–water partition coefficient (Wildman–Crippen LogP) is 3.44. The van der Waals surface area contributed by atoms with Crippen LogP contribution in [-0.4, -0.2) is 29.1 Å². The van der Waals surface area contributed by atoms with E-state index >= 15 is 0 Å². The van der Waals surface area contributed by atoms with Gasteiger partial charge in [0.05, 0.1) is 18.7 Å². The zero-order valence-electron chi connectivity index (χ0n) is 15.4. The lowest BCUT2D eigenvalue weighted by Crippen LogP contribution is -2.19. The summed E-state index contributed by atoms with van der Waals surface area (Å²) in [5, 5.41) is 0. The number of ketones is 1. The van der Waals surface area contributed by atoms with E-state index in [4.69, 9.17) is 4.74 Å². The molecule has 0 aliphatic heterocycles. The van der Waals surface area contributed by atoms with Gasteiger partial charge in [0.15, 0.2) is 0 Å². The first-order valence-corrected chi connectivity index (χ1v) is 8.41. The number of aromatic nitrogens is 1. The molecule has 0 spiro atoms. The zero-order valence-corrected chi connectivity index (χ0v) is 15.4. The maximum Gasteiger partial charge on any atom is 0.516 e. The molecule has 0 aliphatic rings. The van der Waals surface area contributed by atoms with Crippen LogP contribution in [0.25, 0.3) is 0 Å². The number of carbonyl (C=O) groups excluding carboxylic acids is 3. The van der Waals surface area contributed by atoms with Gasteiger partial charge < -0.3 is 14.0 Å². The fourth-order valence-electron chi connectivity index (χ4n) is 2.35. The second-order valence-electron chi connectivity index (χ2n) is 6.57. The molecule has 1 heterocycles. The van der Waals surface area contributed by atoms with Gasteiger partial charge in [0.2, 0.25) is 5.78 Å². The van der Waals surface area contributed by atoms with Crippen molar-refractivity contribution in [1.29, 1.82) is 0 Å². The van der Waals surface area contributed by atoms with Crippen LogP contribution in [0.4, 0.5) is 4.79 Å². The van der Waals surface area contributed by atoms with Crippen molar-refractivity contribution in [3.8, 4) is 0 Å². The standard InChI is InChI=1S/C20H23NO5/c1-13(2)12-25-20(24)26-18(22)11-16-9-10-17(21(16)4)19(23)15-7-5-14(3)6-8-15/h5-10,13H,11-12H2,1-4H3. The molecule has 2 rings (SSSR count). The fourth-order valence-corrected chi connectivity index (χ4v) is 2.35. The van der Waals surface area contributed by atoms with E-state index in [1.165, 1.54) is 0 Å². The molecule has 26 heavy (non-hydrogen) atoms. The number of hydrogen-bond donors (Lipinski definition) is 0. The van der Waals surface area contributed by atoms with Crippen LogP contribution in [0.2, 0.25) is 0 Å². The monoisotopic (exact) mass is 357 g/mol. The van der Waals surface area contributed by atoms with Gasteiger partial charge in [0.1, 0.15) is 0 Å². The van der Waals surface area contributed by atoms with Crippen molar-refractivity contribution in [3.05, 3.63) is 58.9 Å². The van der Waals surface area contributed by atoms with Gasteiger partial charge in [-0.3, -0.25) is 9.59 Å². The topological polar surface area (TPSA) is 74.6 Å².